The van der Waals surface area contributed by atoms with E-state index < -0.39 is 0 Å². The second-order valence-electron chi connectivity index (χ2n) is 8.17. The minimum Gasteiger partial charge on any atom is -0.326 e. The highest BCUT2D eigenvalue weighted by Crippen LogP contribution is 2.32. The minimum absolute atomic E-state index is 0.126. The van der Waals surface area contributed by atoms with Crippen LogP contribution in [0.1, 0.15) is 38.3 Å². The van der Waals surface area contributed by atoms with Gasteiger partial charge >= 0.3 is 0 Å². The molecule has 0 atom stereocenters. The van der Waals surface area contributed by atoms with Crippen LogP contribution in [-0.2, 0) is 4.79 Å². The number of amidine groups is 1. The topological polar surface area (TPSA) is 91.3 Å². The summed E-state index contributed by atoms with van der Waals surface area (Å²) >= 11 is 1.62. The molecule has 0 unspecified atom stereocenters. The molecule has 159 valence electrons. The van der Waals surface area contributed by atoms with Gasteiger partial charge in [-0.2, -0.15) is 10.1 Å². The highest BCUT2D eigenvalue weighted by molar-refractivity contribution is 7.97. The van der Waals surface area contributed by atoms with E-state index in [9.17, 15) is 4.79 Å². The maximum absolute atomic E-state index is 11.9. The van der Waals surface area contributed by atoms with Gasteiger partial charge in [0, 0.05) is 28.3 Å². The molecule has 1 saturated carbocycles. The SMILES string of the molecule is CC(C)c1cc(NC2=CN(Sc3ccc(NC(=O)C4CC4)cc3)CC3=NC=C[N+]23)n[nH]1. The summed E-state index contributed by atoms with van der Waals surface area (Å²) in [5.74, 6) is 3.33. The zero-order valence-electron chi connectivity index (χ0n) is 17.5. The Bertz CT molecular complexity index is 1070. The number of carbonyl (C=O) groups excluding carboxylic acids is 1. The first-order valence-electron chi connectivity index (χ1n) is 10.5. The van der Waals surface area contributed by atoms with Gasteiger partial charge in [0.25, 0.3) is 11.7 Å². The number of hydrogen-bond acceptors (Lipinski definition) is 7. The van der Waals surface area contributed by atoms with Crippen LogP contribution in [0.2, 0.25) is 0 Å². The lowest BCUT2D eigenvalue weighted by Gasteiger charge is -2.24. The van der Waals surface area contributed by atoms with Crippen molar-refractivity contribution < 1.29 is 4.79 Å². The molecule has 1 aliphatic carbocycles. The molecular formula is C22H25N7OS+. The van der Waals surface area contributed by atoms with Gasteiger partial charge in [0.05, 0.1) is 12.4 Å². The van der Waals surface area contributed by atoms with Crippen molar-refractivity contribution in [1.29, 1.82) is 0 Å². The lowest BCUT2D eigenvalue weighted by Crippen LogP contribution is -2.42. The minimum atomic E-state index is 0.126. The average molecular weight is 436 g/mol. The number of amides is 1. The first-order valence-corrected chi connectivity index (χ1v) is 11.2. The van der Waals surface area contributed by atoms with Gasteiger partial charge in [-0.1, -0.05) is 13.8 Å². The molecule has 3 aliphatic rings. The van der Waals surface area contributed by atoms with Crippen LogP contribution in [0.25, 0.3) is 0 Å². The molecule has 0 bridgehead atoms. The number of benzene rings is 1. The first-order chi connectivity index (χ1) is 15.0. The molecule has 3 heterocycles. The molecule has 2 aliphatic heterocycles. The number of aliphatic imine (C=N–C) groups is 1. The number of rotatable bonds is 7. The quantitative estimate of drug-likeness (QED) is 0.449. The van der Waals surface area contributed by atoms with Gasteiger partial charge in [0.2, 0.25) is 5.91 Å². The van der Waals surface area contributed by atoms with E-state index in [2.05, 4.69) is 50.2 Å². The Labute approximate surface area is 185 Å². The molecule has 1 amide bonds. The third-order valence-electron chi connectivity index (χ3n) is 5.31. The van der Waals surface area contributed by atoms with Crippen molar-refractivity contribution in [2.75, 3.05) is 17.2 Å². The number of anilines is 2. The fourth-order valence-corrected chi connectivity index (χ4v) is 4.22. The Morgan fingerprint density at radius 2 is 2.10 bits per heavy atom. The number of carbonyl (C=O) groups is 1. The molecule has 3 N–H and O–H groups in total. The predicted molar refractivity (Wildman–Crippen MR) is 123 cm³/mol. The summed E-state index contributed by atoms with van der Waals surface area (Å²) in [5.41, 5.74) is 1.93. The van der Waals surface area contributed by atoms with Gasteiger partial charge in [-0.05, 0) is 59.9 Å². The van der Waals surface area contributed by atoms with Crippen molar-refractivity contribution in [2.45, 2.75) is 37.5 Å². The molecule has 31 heavy (non-hydrogen) atoms. The summed E-state index contributed by atoms with van der Waals surface area (Å²) in [6, 6.07) is 9.99. The number of hydrogen-bond donors (Lipinski definition) is 3. The fraction of sp³-hybridized carbons (Fsp3) is 0.318. The number of aromatic amines is 1. The molecular weight excluding hydrogens is 410 g/mol. The third kappa shape index (κ3) is 4.52. The summed E-state index contributed by atoms with van der Waals surface area (Å²) in [5, 5.41) is 13.8. The maximum Gasteiger partial charge on any atom is 0.285 e. The van der Waals surface area contributed by atoms with Crippen LogP contribution in [0, 0.1) is 5.92 Å². The smallest absolute Gasteiger partial charge is 0.285 e. The number of aromatic nitrogens is 2. The van der Waals surface area contributed by atoms with Crippen LogP contribution < -0.4 is 15.5 Å². The lowest BCUT2D eigenvalue weighted by atomic mass is 10.1. The zero-order chi connectivity index (χ0) is 21.4. The summed E-state index contributed by atoms with van der Waals surface area (Å²) in [4.78, 5) is 19.6. The Balaban J connectivity index is 1.28. The summed E-state index contributed by atoms with van der Waals surface area (Å²) in [7, 11) is 0. The summed E-state index contributed by atoms with van der Waals surface area (Å²) < 4.78 is 2.14. The Hall–Kier alpha value is -3.04. The van der Waals surface area contributed by atoms with Crippen LogP contribution in [0.15, 0.2) is 64.6 Å². The molecule has 8 nitrogen and oxygen atoms in total. The Morgan fingerprint density at radius 1 is 1.29 bits per heavy atom. The molecule has 1 aromatic carbocycles. The molecule has 9 heteroatoms. The number of H-pyrrole nitrogens is 1. The standard InChI is InChI=1S/C22H25N7OS/c1-14(2)18-11-19(27-26-18)25-21-13-28(12-20-23-9-10-29(20)21)31-17-7-5-16(6-8-17)24-22(30)15-3-4-15/h5-11,13-15H,3-4,12H2,1-2H3,(H,24,30)(H2,25,26,27)/q+1. The van der Waals surface area contributed by atoms with Crippen molar-refractivity contribution >= 4 is 35.2 Å². The Kier molecular flexibility index (Phi) is 5.29. The second-order valence-corrected chi connectivity index (χ2v) is 9.29. The van der Waals surface area contributed by atoms with E-state index in [-0.39, 0.29) is 11.8 Å². The molecule has 0 spiro atoms. The van der Waals surface area contributed by atoms with E-state index >= 15 is 0 Å². The monoisotopic (exact) mass is 435 g/mol. The van der Waals surface area contributed by atoms with E-state index in [4.69, 9.17) is 0 Å². The van der Waals surface area contributed by atoms with Crippen molar-refractivity contribution in [3.05, 3.63) is 60.4 Å². The van der Waals surface area contributed by atoms with Crippen LogP contribution in [0.5, 0.6) is 0 Å². The molecule has 1 fully saturated rings. The molecule has 0 saturated heterocycles. The summed E-state index contributed by atoms with van der Waals surface area (Å²) in [6.45, 7) is 4.94. The van der Waals surface area contributed by atoms with Crippen LogP contribution in [0.3, 0.4) is 0 Å². The zero-order valence-corrected chi connectivity index (χ0v) is 18.3. The van der Waals surface area contributed by atoms with Gasteiger partial charge in [0.15, 0.2) is 12.0 Å². The first kappa shape index (κ1) is 19.9. The van der Waals surface area contributed by atoms with Crippen molar-refractivity contribution in [1.82, 2.24) is 19.4 Å². The van der Waals surface area contributed by atoms with E-state index in [1.165, 1.54) is 0 Å². The number of nitrogens with zero attached hydrogens (tertiary/aromatic N) is 4. The predicted octanol–water partition coefficient (Wildman–Crippen LogP) is 4.14. The number of fused-ring (bicyclic) bond motifs is 1. The highest BCUT2D eigenvalue weighted by atomic mass is 32.2. The average Bonchev–Trinajstić information content (AvgIpc) is 3.31. The molecule has 1 aromatic heterocycles. The van der Waals surface area contributed by atoms with E-state index in [0.717, 1.165) is 46.6 Å². The lowest BCUT2D eigenvalue weighted by molar-refractivity contribution is -0.117. The van der Waals surface area contributed by atoms with Crippen LogP contribution >= 0.6 is 11.9 Å². The van der Waals surface area contributed by atoms with Crippen molar-refractivity contribution in [3.8, 4) is 0 Å². The maximum atomic E-state index is 11.9. The van der Waals surface area contributed by atoms with Crippen molar-refractivity contribution in [2.24, 2.45) is 10.9 Å². The van der Waals surface area contributed by atoms with Crippen molar-refractivity contribution in [3.63, 3.8) is 0 Å². The highest BCUT2D eigenvalue weighted by Gasteiger charge is 2.37. The summed E-state index contributed by atoms with van der Waals surface area (Å²) in [6.07, 6.45) is 7.82. The van der Waals surface area contributed by atoms with Gasteiger partial charge in [-0.25, -0.2) is 0 Å². The van der Waals surface area contributed by atoms with Gasteiger partial charge < -0.3 is 5.32 Å². The second kappa shape index (κ2) is 8.24. The molecule has 5 rings (SSSR count). The van der Waals surface area contributed by atoms with Gasteiger partial charge in [-0.3, -0.25) is 19.5 Å². The van der Waals surface area contributed by atoms with Gasteiger partial charge in [-0.15, -0.1) is 0 Å². The van der Waals surface area contributed by atoms with Crippen LogP contribution in [0.4, 0.5) is 11.5 Å². The largest absolute Gasteiger partial charge is 0.326 e. The fourth-order valence-electron chi connectivity index (χ4n) is 3.36. The normalized spacial score (nSPS) is 18.1. The van der Waals surface area contributed by atoms with Gasteiger partial charge in [0.1, 0.15) is 6.54 Å². The van der Waals surface area contributed by atoms with Crippen LogP contribution in [-0.4, -0.2) is 32.8 Å². The Morgan fingerprint density at radius 3 is 2.81 bits per heavy atom. The molecule has 1 radical (unpaired) electrons. The number of nitrogens with one attached hydrogen (secondary N) is 3. The van der Waals surface area contributed by atoms with E-state index in [0.29, 0.717) is 12.5 Å². The molecule has 2 aromatic rings. The van der Waals surface area contributed by atoms with E-state index in [1.54, 1.807) is 18.1 Å². The third-order valence-corrected chi connectivity index (χ3v) is 6.26. The van der Waals surface area contributed by atoms with E-state index in [1.807, 2.05) is 41.4 Å².